The number of rotatable bonds is 6. The molecule has 1 N–H and O–H groups in total. The fraction of sp³-hybridized carbons (Fsp3) is 0.500. The lowest BCUT2D eigenvalue weighted by molar-refractivity contribution is -0.121. The van der Waals surface area contributed by atoms with E-state index in [1.165, 1.54) is 4.90 Å². The van der Waals surface area contributed by atoms with Gasteiger partial charge in [0, 0.05) is 19.6 Å². The lowest BCUT2D eigenvalue weighted by atomic mass is 9.97. The Bertz CT molecular complexity index is 818. The number of carbonyl (C=O) groups excluding carboxylic acids is 2. The van der Waals surface area contributed by atoms with Crippen molar-refractivity contribution in [1.82, 2.24) is 30.4 Å². The molecule has 10 heteroatoms. The molecule has 0 atom stereocenters. The van der Waals surface area contributed by atoms with Gasteiger partial charge in [0.2, 0.25) is 11.9 Å². The Labute approximate surface area is 162 Å². The first kappa shape index (κ1) is 18.2. The van der Waals surface area contributed by atoms with Crippen LogP contribution in [0.1, 0.15) is 12.8 Å². The normalized spacial score (nSPS) is 17.6. The summed E-state index contributed by atoms with van der Waals surface area (Å²) in [5.74, 6) is 0.988. The number of nitrogens with zero attached hydrogens (tertiary/aromatic N) is 6. The standard InChI is InChI=1S/C18H23N7O3/c26-16(13-24-10-11-28-18(24)27)19-12-14-6-8-23(9-7-14)17-20-21-22-25(17)15-4-2-1-3-5-15/h1-5,14H,6-13H2,(H,19,26). The molecule has 3 heterocycles. The molecule has 2 aromatic rings. The number of amides is 2. The minimum Gasteiger partial charge on any atom is -0.448 e. The number of carbonyl (C=O) groups is 2. The second-order valence-electron chi connectivity index (χ2n) is 7.00. The lowest BCUT2D eigenvalue weighted by Gasteiger charge is -2.32. The SMILES string of the molecule is O=C(CN1CCOC1=O)NCC1CCN(c2nnnn2-c2ccccc2)CC1. The van der Waals surface area contributed by atoms with Gasteiger partial charge >= 0.3 is 6.09 Å². The van der Waals surface area contributed by atoms with Gasteiger partial charge in [-0.2, -0.15) is 4.68 Å². The van der Waals surface area contributed by atoms with Crippen molar-refractivity contribution in [2.45, 2.75) is 12.8 Å². The third-order valence-electron chi connectivity index (χ3n) is 5.12. The van der Waals surface area contributed by atoms with E-state index in [4.69, 9.17) is 4.74 Å². The first-order valence-corrected chi connectivity index (χ1v) is 9.48. The monoisotopic (exact) mass is 385 g/mol. The summed E-state index contributed by atoms with van der Waals surface area (Å²) in [6.07, 6.45) is 1.46. The average molecular weight is 385 g/mol. The van der Waals surface area contributed by atoms with E-state index >= 15 is 0 Å². The minimum absolute atomic E-state index is 0.0591. The molecule has 2 fully saturated rings. The van der Waals surface area contributed by atoms with Crippen LogP contribution in [0.3, 0.4) is 0 Å². The van der Waals surface area contributed by atoms with Crippen molar-refractivity contribution in [2.24, 2.45) is 5.92 Å². The third-order valence-corrected chi connectivity index (χ3v) is 5.12. The number of ether oxygens (including phenoxy) is 1. The summed E-state index contributed by atoms with van der Waals surface area (Å²) in [5, 5.41) is 15.1. The number of piperidine rings is 1. The van der Waals surface area contributed by atoms with E-state index in [1.54, 1.807) is 4.68 Å². The molecule has 0 unspecified atom stereocenters. The van der Waals surface area contributed by atoms with Crippen LogP contribution < -0.4 is 10.2 Å². The Morgan fingerprint density at radius 2 is 1.96 bits per heavy atom. The van der Waals surface area contributed by atoms with Crippen molar-refractivity contribution in [3.05, 3.63) is 30.3 Å². The van der Waals surface area contributed by atoms with Crippen molar-refractivity contribution >= 4 is 17.9 Å². The molecule has 2 aliphatic heterocycles. The molecular formula is C18H23N7O3. The summed E-state index contributed by atoms with van der Waals surface area (Å²) in [6.45, 7) is 3.15. The molecule has 2 aliphatic rings. The maximum absolute atomic E-state index is 12.0. The molecule has 1 aromatic carbocycles. The fourth-order valence-electron chi connectivity index (χ4n) is 3.51. The highest BCUT2D eigenvalue weighted by Crippen LogP contribution is 2.22. The van der Waals surface area contributed by atoms with E-state index in [0.717, 1.165) is 37.6 Å². The van der Waals surface area contributed by atoms with Gasteiger partial charge < -0.3 is 15.0 Å². The van der Waals surface area contributed by atoms with Crippen LogP contribution in [0.15, 0.2) is 30.3 Å². The molecule has 0 saturated carbocycles. The topological polar surface area (TPSA) is 105 Å². The zero-order chi connectivity index (χ0) is 19.3. The molecule has 2 amide bonds. The first-order valence-electron chi connectivity index (χ1n) is 9.48. The molecule has 2 saturated heterocycles. The van der Waals surface area contributed by atoms with E-state index < -0.39 is 6.09 Å². The smallest absolute Gasteiger partial charge is 0.410 e. The Kier molecular flexibility index (Phi) is 5.36. The Hall–Kier alpha value is -3.17. The van der Waals surface area contributed by atoms with Gasteiger partial charge in [-0.05, 0) is 41.3 Å². The van der Waals surface area contributed by atoms with Crippen molar-refractivity contribution in [3.63, 3.8) is 0 Å². The Morgan fingerprint density at radius 1 is 1.18 bits per heavy atom. The highest BCUT2D eigenvalue weighted by molar-refractivity contribution is 5.82. The predicted octanol–water partition coefficient (Wildman–Crippen LogP) is 0.447. The third kappa shape index (κ3) is 4.05. The van der Waals surface area contributed by atoms with E-state index in [0.29, 0.717) is 25.6 Å². The van der Waals surface area contributed by atoms with E-state index in [-0.39, 0.29) is 12.5 Å². The van der Waals surface area contributed by atoms with Gasteiger partial charge in [-0.1, -0.05) is 23.3 Å². The number of hydrogen-bond donors (Lipinski definition) is 1. The van der Waals surface area contributed by atoms with E-state index in [1.807, 2.05) is 30.3 Å². The van der Waals surface area contributed by atoms with Gasteiger partial charge in [-0.3, -0.25) is 9.69 Å². The van der Waals surface area contributed by atoms with Crippen LogP contribution in [0, 0.1) is 5.92 Å². The molecule has 0 radical (unpaired) electrons. The number of para-hydroxylation sites is 1. The molecule has 1 aromatic heterocycles. The molecule has 28 heavy (non-hydrogen) atoms. The van der Waals surface area contributed by atoms with Gasteiger partial charge in [-0.25, -0.2) is 4.79 Å². The maximum Gasteiger partial charge on any atom is 0.410 e. The second kappa shape index (κ2) is 8.24. The minimum atomic E-state index is -0.417. The number of cyclic esters (lactones) is 1. The van der Waals surface area contributed by atoms with Gasteiger partial charge in [-0.15, -0.1) is 0 Å². The van der Waals surface area contributed by atoms with Crippen LogP contribution in [0.4, 0.5) is 10.7 Å². The maximum atomic E-state index is 12.0. The van der Waals surface area contributed by atoms with Crippen molar-refractivity contribution in [1.29, 1.82) is 0 Å². The van der Waals surface area contributed by atoms with Crippen LogP contribution in [-0.2, 0) is 9.53 Å². The molecule has 0 spiro atoms. The number of hydrogen-bond acceptors (Lipinski definition) is 7. The summed E-state index contributed by atoms with van der Waals surface area (Å²) >= 11 is 0. The second-order valence-corrected chi connectivity index (χ2v) is 7.00. The Morgan fingerprint density at radius 3 is 2.68 bits per heavy atom. The number of tetrazole rings is 1. The summed E-state index contributed by atoms with van der Waals surface area (Å²) < 4.78 is 6.58. The number of anilines is 1. The predicted molar refractivity (Wildman–Crippen MR) is 100 cm³/mol. The first-order chi connectivity index (χ1) is 13.7. The molecule has 10 nitrogen and oxygen atoms in total. The molecule has 4 rings (SSSR count). The van der Waals surface area contributed by atoms with Crippen molar-refractivity contribution in [3.8, 4) is 5.69 Å². The van der Waals surface area contributed by atoms with Crippen molar-refractivity contribution in [2.75, 3.05) is 44.2 Å². The van der Waals surface area contributed by atoms with Gasteiger partial charge in [0.15, 0.2) is 0 Å². The number of aromatic nitrogens is 4. The number of benzene rings is 1. The lowest BCUT2D eigenvalue weighted by Crippen LogP contribution is -2.42. The largest absolute Gasteiger partial charge is 0.448 e. The van der Waals surface area contributed by atoms with Crippen LogP contribution in [0.25, 0.3) is 5.69 Å². The summed E-state index contributed by atoms with van der Waals surface area (Å²) in [4.78, 5) is 27.0. The quantitative estimate of drug-likeness (QED) is 0.769. The summed E-state index contributed by atoms with van der Waals surface area (Å²) in [5.41, 5.74) is 0.928. The van der Waals surface area contributed by atoms with Crippen LogP contribution in [-0.4, -0.2) is 76.4 Å². The fourth-order valence-corrected chi connectivity index (χ4v) is 3.51. The van der Waals surface area contributed by atoms with Gasteiger partial charge in [0.1, 0.15) is 13.2 Å². The molecule has 0 bridgehead atoms. The Balaban J connectivity index is 1.26. The number of nitrogens with one attached hydrogen (secondary N) is 1. The molecule has 0 aliphatic carbocycles. The molecular weight excluding hydrogens is 362 g/mol. The molecule has 148 valence electrons. The summed E-state index contributed by atoms with van der Waals surface area (Å²) in [6, 6.07) is 9.81. The van der Waals surface area contributed by atoms with Crippen LogP contribution in [0.5, 0.6) is 0 Å². The van der Waals surface area contributed by atoms with Crippen molar-refractivity contribution < 1.29 is 14.3 Å². The van der Waals surface area contributed by atoms with E-state index in [2.05, 4.69) is 25.7 Å². The summed E-state index contributed by atoms with van der Waals surface area (Å²) in [7, 11) is 0. The highest BCUT2D eigenvalue weighted by atomic mass is 16.6. The van der Waals surface area contributed by atoms with Gasteiger partial charge in [0.05, 0.1) is 12.2 Å². The van der Waals surface area contributed by atoms with Gasteiger partial charge in [0.25, 0.3) is 0 Å². The van der Waals surface area contributed by atoms with E-state index in [9.17, 15) is 9.59 Å². The highest BCUT2D eigenvalue weighted by Gasteiger charge is 2.26. The van der Waals surface area contributed by atoms with Crippen LogP contribution in [0.2, 0.25) is 0 Å². The zero-order valence-corrected chi connectivity index (χ0v) is 15.5. The van der Waals surface area contributed by atoms with Crippen LogP contribution >= 0.6 is 0 Å². The average Bonchev–Trinajstić information content (AvgIpc) is 3.37. The zero-order valence-electron chi connectivity index (χ0n) is 15.5.